The Labute approximate surface area is 172 Å². The summed E-state index contributed by atoms with van der Waals surface area (Å²) in [5.74, 6) is 1.14. The molecule has 0 bridgehead atoms. The van der Waals surface area contributed by atoms with Crippen molar-refractivity contribution in [2.45, 2.75) is 19.3 Å². The van der Waals surface area contributed by atoms with Gasteiger partial charge in [-0.15, -0.1) is 0 Å². The molecular weight excluding hydrogens is 424 g/mol. The molecule has 2 amide bonds. The molecule has 148 valence electrons. The summed E-state index contributed by atoms with van der Waals surface area (Å²) in [5.41, 5.74) is 1.68. The number of ether oxygens (including phenoxy) is 2. The number of halogens is 1. The van der Waals surface area contributed by atoms with Crippen LogP contribution in [0, 0.1) is 0 Å². The van der Waals surface area contributed by atoms with Gasteiger partial charge in [0.1, 0.15) is 0 Å². The van der Waals surface area contributed by atoms with E-state index in [9.17, 15) is 9.59 Å². The van der Waals surface area contributed by atoms with E-state index in [0.29, 0.717) is 31.7 Å². The van der Waals surface area contributed by atoms with Crippen LogP contribution >= 0.6 is 15.9 Å². The zero-order valence-electron chi connectivity index (χ0n) is 15.7. The third kappa shape index (κ3) is 5.48. The monoisotopic (exact) mass is 446 g/mol. The van der Waals surface area contributed by atoms with Gasteiger partial charge in [-0.2, -0.15) is 0 Å². The number of aryl methyl sites for hydroxylation is 1. The van der Waals surface area contributed by atoms with Crippen LogP contribution in [0.5, 0.6) is 11.5 Å². The number of carbonyl (C=O) groups is 2. The molecule has 1 N–H and O–H groups in total. The first-order valence-corrected chi connectivity index (χ1v) is 9.99. The molecule has 0 aromatic heterocycles. The highest BCUT2D eigenvalue weighted by molar-refractivity contribution is 9.10. The van der Waals surface area contributed by atoms with Crippen LogP contribution in [0.3, 0.4) is 0 Å². The van der Waals surface area contributed by atoms with E-state index in [1.165, 1.54) is 4.90 Å². The second-order valence-electron chi connectivity index (χ2n) is 6.61. The molecule has 3 rings (SSSR count). The number of carbonyl (C=O) groups excluding carboxylic acids is 2. The van der Waals surface area contributed by atoms with Gasteiger partial charge in [-0.25, -0.2) is 0 Å². The maximum atomic E-state index is 12.4. The van der Waals surface area contributed by atoms with Crippen molar-refractivity contribution in [2.24, 2.45) is 0 Å². The number of nitrogens with one attached hydrogen (secondary N) is 1. The van der Waals surface area contributed by atoms with Gasteiger partial charge in [0.2, 0.25) is 11.8 Å². The number of rotatable bonds is 6. The smallest absolute Gasteiger partial charge is 0.244 e. The van der Waals surface area contributed by atoms with Gasteiger partial charge in [0.25, 0.3) is 0 Å². The minimum atomic E-state index is -0.238. The molecule has 1 aliphatic heterocycles. The molecule has 0 radical (unpaired) electrons. The predicted molar refractivity (Wildman–Crippen MR) is 111 cm³/mol. The fourth-order valence-corrected chi connectivity index (χ4v) is 3.25. The molecule has 0 saturated carbocycles. The molecule has 1 aliphatic rings. The van der Waals surface area contributed by atoms with Crippen molar-refractivity contribution in [3.63, 3.8) is 0 Å². The van der Waals surface area contributed by atoms with Crippen LogP contribution in [-0.4, -0.2) is 43.5 Å². The number of amides is 2. The van der Waals surface area contributed by atoms with Gasteiger partial charge < -0.3 is 19.7 Å². The number of hydrogen-bond acceptors (Lipinski definition) is 4. The summed E-state index contributed by atoms with van der Waals surface area (Å²) in [5, 5.41) is 2.80. The second-order valence-corrected chi connectivity index (χ2v) is 7.46. The molecule has 0 saturated heterocycles. The average Bonchev–Trinajstić information content (AvgIpc) is 2.92. The van der Waals surface area contributed by atoms with Gasteiger partial charge in [-0.3, -0.25) is 9.59 Å². The largest absolute Gasteiger partial charge is 0.490 e. The summed E-state index contributed by atoms with van der Waals surface area (Å²) in [6.07, 6.45) is 1.75. The summed E-state index contributed by atoms with van der Waals surface area (Å²) in [6, 6.07) is 13.1. The van der Waals surface area contributed by atoms with Gasteiger partial charge in [-0.05, 0) is 52.2 Å². The van der Waals surface area contributed by atoms with Crippen molar-refractivity contribution in [1.82, 2.24) is 4.90 Å². The standard InChI is InChI=1S/C21H23BrN2O4/c1-24(14-20(25)23-17-6-3-2-5-16(17)22)21(26)10-8-15-7-9-18-19(13-15)28-12-4-11-27-18/h2-3,5-7,9,13H,4,8,10-12,14H2,1H3,(H,23,25). The minimum absolute atomic E-state index is 0.00130. The summed E-state index contributed by atoms with van der Waals surface area (Å²) >= 11 is 3.39. The zero-order chi connectivity index (χ0) is 19.9. The fraction of sp³-hybridized carbons (Fsp3) is 0.333. The molecule has 0 fully saturated rings. The van der Waals surface area contributed by atoms with Gasteiger partial charge in [0, 0.05) is 24.4 Å². The molecule has 0 spiro atoms. The first-order valence-electron chi connectivity index (χ1n) is 9.20. The lowest BCUT2D eigenvalue weighted by Gasteiger charge is -2.17. The van der Waals surface area contributed by atoms with E-state index in [4.69, 9.17) is 9.47 Å². The van der Waals surface area contributed by atoms with E-state index < -0.39 is 0 Å². The lowest BCUT2D eigenvalue weighted by molar-refractivity contribution is -0.133. The van der Waals surface area contributed by atoms with Gasteiger partial charge in [0.15, 0.2) is 11.5 Å². The SMILES string of the molecule is CN(CC(=O)Nc1ccccc1Br)C(=O)CCc1ccc2c(c1)OCCCO2. The van der Waals surface area contributed by atoms with Crippen LogP contribution < -0.4 is 14.8 Å². The number of anilines is 1. The van der Waals surface area contributed by atoms with Crippen molar-refractivity contribution < 1.29 is 19.1 Å². The summed E-state index contributed by atoms with van der Waals surface area (Å²) in [7, 11) is 1.63. The van der Waals surface area contributed by atoms with Crippen LogP contribution in [0.1, 0.15) is 18.4 Å². The van der Waals surface area contributed by atoms with E-state index in [1.807, 2.05) is 36.4 Å². The number of likely N-dealkylation sites (N-methyl/N-ethyl adjacent to an activating group) is 1. The molecule has 0 aliphatic carbocycles. The Morgan fingerprint density at radius 3 is 2.64 bits per heavy atom. The van der Waals surface area contributed by atoms with E-state index in [1.54, 1.807) is 13.1 Å². The third-order valence-corrected chi connectivity index (χ3v) is 5.09. The molecule has 7 heteroatoms. The molecule has 2 aromatic rings. The number of fused-ring (bicyclic) bond motifs is 1. The number of hydrogen-bond donors (Lipinski definition) is 1. The molecular formula is C21H23BrN2O4. The van der Waals surface area contributed by atoms with Crippen LogP contribution in [0.15, 0.2) is 46.9 Å². The van der Waals surface area contributed by atoms with Gasteiger partial charge >= 0.3 is 0 Å². The third-order valence-electron chi connectivity index (χ3n) is 4.39. The molecule has 0 unspecified atom stereocenters. The Balaban J connectivity index is 1.49. The van der Waals surface area contributed by atoms with E-state index in [0.717, 1.165) is 28.0 Å². The van der Waals surface area contributed by atoms with Crippen molar-refractivity contribution >= 4 is 33.4 Å². The molecule has 1 heterocycles. The van der Waals surface area contributed by atoms with Crippen LogP contribution in [0.4, 0.5) is 5.69 Å². The molecule has 6 nitrogen and oxygen atoms in total. The molecule has 2 aromatic carbocycles. The van der Waals surface area contributed by atoms with Gasteiger partial charge in [-0.1, -0.05) is 18.2 Å². The number of para-hydroxylation sites is 1. The topological polar surface area (TPSA) is 67.9 Å². The van der Waals surface area contributed by atoms with Crippen LogP contribution in [0.25, 0.3) is 0 Å². The minimum Gasteiger partial charge on any atom is -0.490 e. The highest BCUT2D eigenvalue weighted by atomic mass is 79.9. The maximum Gasteiger partial charge on any atom is 0.244 e. The quantitative estimate of drug-likeness (QED) is 0.735. The maximum absolute atomic E-state index is 12.4. The van der Waals surface area contributed by atoms with Crippen molar-refractivity contribution in [3.05, 3.63) is 52.5 Å². The Bertz CT molecular complexity index is 856. The Morgan fingerprint density at radius 1 is 1.11 bits per heavy atom. The first kappa shape index (κ1) is 20.2. The van der Waals surface area contributed by atoms with Crippen molar-refractivity contribution in [3.8, 4) is 11.5 Å². The van der Waals surface area contributed by atoms with Crippen molar-refractivity contribution in [2.75, 3.05) is 32.1 Å². The predicted octanol–water partition coefficient (Wildman–Crippen LogP) is 3.64. The normalized spacial score (nSPS) is 12.8. The Hall–Kier alpha value is -2.54. The molecule has 0 atom stereocenters. The summed E-state index contributed by atoms with van der Waals surface area (Å²) < 4.78 is 12.1. The van der Waals surface area contributed by atoms with E-state index in [2.05, 4.69) is 21.2 Å². The lowest BCUT2D eigenvalue weighted by Crippen LogP contribution is -2.35. The summed E-state index contributed by atoms with van der Waals surface area (Å²) in [4.78, 5) is 26.0. The average molecular weight is 447 g/mol. The van der Waals surface area contributed by atoms with Gasteiger partial charge in [0.05, 0.1) is 25.4 Å². The summed E-state index contributed by atoms with van der Waals surface area (Å²) in [6.45, 7) is 1.28. The second kappa shape index (κ2) is 9.59. The van der Waals surface area contributed by atoms with Crippen LogP contribution in [0.2, 0.25) is 0 Å². The zero-order valence-corrected chi connectivity index (χ0v) is 17.3. The van der Waals surface area contributed by atoms with Crippen LogP contribution in [-0.2, 0) is 16.0 Å². The van der Waals surface area contributed by atoms with E-state index in [-0.39, 0.29) is 18.4 Å². The number of nitrogens with zero attached hydrogens (tertiary/aromatic N) is 1. The highest BCUT2D eigenvalue weighted by Gasteiger charge is 2.15. The first-order chi connectivity index (χ1) is 13.5. The number of benzene rings is 2. The highest BCUT2D eigenvalue weighted by Crippen LogP contribution is 2.30. The van der Waals surface area contributed by atoms with Crippen molar-refractivity contribution in [1.29, 1.82) is 0 Å². The Kier molecular flexibility index (Phi) is 6.92. The fourth-order valence-electron chi connectivity index (χ4n) is 2.86. The molecule has 28 heavy (non-hydrogen) atoms. The van der Waals surface area contributed by atoms with E-state index >= 15 is 0 Å². The Morgan fingerprint density at radius 2 is 1.86 bits per heavy atom. The lowest BCUT2D eigenvalue weighted by atomic mass is 10.1.